The fourth-order valence-corrected chi connectivity index (χ4v) is 3.96. The Kier molecular flexibility index (Phi) is 6.28. The molecule has 2 aromatic carbocycles. The summed E-state index contributed by atoms with van der Waals surface area (Å²) in [6, 6.07) is 12.7. The molecule has 166 valence electrons. The van der Waals surface area contributed by atoms with Gasteiger partial charge in [-0.15, -0.1) is 5.06 Å². The smallest absolute Gasteiger partial charge is 0.337 e. The number of hydrogen-bond donors (Lipinski definition) is 1. The molecule has 7 nitrogen and oxygen atoms in total. The maximum Gasteiger partial charge on any atom is 0.337 e. The fourth-order valence-electron chi connectivity index (χ4n) is 3.96. The lowest BCUT2D eigenvalue weighted by molar-refractivity contribution is -0.111. The number of rotatable bonds is 7. The molecule has 1 N–H and O–H groups in total. The number of aromatic nitrogens is 1. The third-order valence-electron chi connectivity index (χ3n) is 5.79. The normalized spacial score (nSPS) is 14.3. The number of hydrogen-bond acceptors (Lipinski definition) is 5. The van der Waals surface area contributed by atoms with Gasteiger partial charge in [-0.25, -0.2) is 4.79 Å². The van der Waals surface area contributed by atoms with E-state index in [1.165, 1.54) is 18.7 Å². The van der Waals surface area contributed by atoms with E-state index in [1.807, 2.05) is 24.4 Å². The summed E-state index contributed by atoms with van der Waals surface area (Å²) in [6.45, 7) is 6.38. The Hall–Kier alpha value is -3.58. The first-order chi connectivity index (χ1) is 15.5. The van der Waals surface area contributed by atoms with Crippen molar-refractivity contribution < 1.29 is 19.2 Å². The van der Waals surface area contributed by atoms with Crippen molar-refractivity contribution in [1.82, 2.24) is 9.88 Å². The summed E-state index contributed by atoms with van der Waals surface area (Å²) in [5.41, 5.74) is 4.38. The molecular weight excluding hydrogens is 406 g/mol. The Bertz CT molecular complexity index is 1160. The average Bonchev–Trinajstić information content (AvgIpc) is 3.25. The van der Waals surface area contributed by atoms with E-state index < -0.39 is 5.97 Å². The maximum absolute atomic E-state index is 11.8. The summed E-state index contributed by atoms with van der Waals surface area (Å²) in [5.74, 6) is -0.110. The lowest BCUT2D eigenvalue weighted by atomic mass is 9.98. The van der Waals surface area contributed by atoms with Crippen molar-refractivity contribution in [3.63, 3.8) is 0 Å². The van der Waals surface area contributed by atoms with Crippen molar-refractivity contribution >= 4 is 34.5 Å². The Labute approximate surface area is 187 Å². The molecule has 0 bridgehead atoms. The molecule has 0 unspecified atom stereocenters. The Morgan fingerprint density at radius 2 is 2.06 bits per heavy atom. The van der Waals surface area contributed by atoms with Gasteiger partial charge in [-0.2, -0.15) is 0 Å². The number of aromatic amines is 1. The van der Waals surface area contributed by atoms with Gasteiger partial charge in [0.25, 0.3) is 0 Å². The Morgan fingerprint density at radius 3 is 2.75 bits per heavy atom. The number of fused-ring (bicyclic) bond motifs is 1. The highest BCUT2D eigenvalue weighted by Gasteiger charge is 2.18. The number of nitrogens with zero attached hydrogens (tertiary/aromatic N) is 2. The molecule has 0 aliphatic carbocycles. The van der Waals surface area contributed by atoms with Gasteiger partial charge in [0.15, 0.2) is 5.75 Å². The number of ether oxygens (including phenoxy) is 1. The molecule has 7 heteroatoms. The van der Waals surface area contributed by atoms with Gasteiger partial charge in [0.2, 0.25) is 6.41 Å². The number of nitrogens with one attached hydrogen (secondary N) is 1. The zero-order valence-corrected chi connectivity index (χ0v) is 18.5. The van der Waals surface area contributed by atoms with Crippen LogP contribution in [-0.2, 0) is 9.53 Å². The molecule has 1 aliphatic heterocycles. The van der Waals surface area contributed by atoms with Crippen molar-refractivity contribution in [2.45, 2.75) is 26.3 Å². The van der Waals surface area contributed by atoms with Crippen LogP contribution < -0.4 is 9.90 Å². The highest BCUT2D eigenvalue weighted by molar-refractivity contribution is 5.96. The molecule has 0 atom stereocenters. The Morgan fingerprint density at radius 1 is 1.22 bits per heavy atom. The molecule has 0 saturated heterocycles. The number of carbonyl (C=O) groups excluding carboxylic acids is 2. The zero-order valence-electron chi connectivity index (χ0n) is 18.5. The van der Waals surface area contributed by atoms with Gasteiger partial charge >= 0.3 is 5.97 Å². The number of anilines is 1. The number of methoxy groups -OCH3 is 1. The van der Waals surface area contributed by atoms with Gasteiger partial charge in [0.05, 0.1) is 18.4 Å². The molecule has 0 radical (unpaired) electrons. The molecule has 1 amide bonds. The van der Waals surface area contributed by atoms with E-state index in [1.54, 1.807) is 18.2 Å². The van der Waals surface area contributed by atoms with Crippen LogP contribution in [-0.4, -0.2) is 48.5 Å². The highest BCUT2D eigenvalue weighted by atomic mass is 16.7. The quantitative estimate of drug-likeness (QED) is 0.339. The third kappa shape index (κ3) is 4.38. The molecule has 1 aromatic heterocycles. The molecule has 0 spiro atoms. The molecule has 0 fully saturated rings. The van der Waals surface area contributed by atoms with Crippen molar-refractivity contribution in [3.05, 3.63) is 65.9 Å². The van der Waals surface area contributed by atoms with Gasteiger partial charge in [-0.05, 0) is 62.2 Å². The fraction of sp³-hybridized carbons (Fsp3) is 0.280. The second kappa shape index (κ2) is 9.28. The van der Waals surface area contributed by atoms with E-state index in [2.05, 4.69) is 29.8 Å². The number of esters is 1. The van der Waals surface area contributed by atoms with Crippen molar-refractivity contribution in [2.24, 2.45) is 0 Å². The van der Waals surface area contributed by atoms with Gasteiger partial charge in [0, 0.05) is 41.8 Å². The van der Waals surface area contributed by atoms with Crippen LogP contribution in [0.2, 0.25) is 0 Å². The predicted octanol–water partition coefficient (Wildman–Crippen LogP) is 4.41. The second-order valence-corrected chi connectivity index (χ2v) is 8.04. The topological polar surface area (TPSA) is 74.9 Å². The summed E-state index contributed by atoms with van der Waals surface area (Å²) in [5, 5.41) is 2.19. The van der Waals surface area contributed by atoms with Crippen LogP contribution in [0, 0.1) is 0 Å². The van der Waals surface area contributed by atoms with E-state index in [9.17, 15) is 9.59 Å². The first kappa shape index (κ1) is 21.6. The number of hydroxylamine groups is 1. The number of H-pyrrole nitrogens is 1. The molecular formula is C25H27N3O4. The van der Waals surface area contributed by atoms with Crippen LogP contribution in [0.25, 0.3) is 16.5 Å². The van der Waals surface area contributed by atoms with Crippen LogP contribution in [0.15, 0.2) is 54.7 Å². The lowest BCUT2D eigenvalue weighted by Crippen LogP contribution is -2.34. The molecule has 32 heavy (non-hydrogen) atoms. The van der Waals surface area contributed by atoms with Crippen LogP contribution >= 0.6 is 0 Å². The first-order valence-corrected chi connectivity index (χ1v) is 10.7. The summed E-state index contributed by atoms with van der Waals surface area (Å²) < 4.78 is 4.75. The van der Waals surface area contributed by atoms with E-state index in [4.69, 9.17) is 9.57 Å². The van der Waals surface area contributed by atoms with Crippen LogP contribution in [0.5, 0.6) is 5.75 Å². The van der Waals surface area contributed by atoms with E-state index in [0.717, 1.165) is 41.0 Å². The van der Waals surface area contributed by atoms with Crippen molar-refractivity contribution in [2.75, 3.05) is 25.3 Å². The van der Waals surface area contributed by atoms with Gasteiger partial charge in [0.1, 0.15) is 0 Å². The summed E-state index contributed by atoms with van der Waals surface area (Å²) in [6.07, 6.45) is 5.89. The largest absolute Gasteiger partial charge is 0.465 e. The van der Waals surface area contributed by atoms with Gasteiger partial charge in [-0.1, -0.05) is 12.1 Å². The lowest BCUT2D eigenvalue weighted by Gasteiger charge is -2.29. The molecule has 1 aliphatic rings. The monoisotopic (exact) mass is 433 g/mol. The number of carbonyl (C=O) groups is 2. The SMILES string of the molecule is COC(=O)c1cccc(ON(C=O)c2ccc3[nH]cc(C4=CCN(C(C)C)CC4)c3c2)c1. The van der Waals surface area contributed by atoms with Crippen molar-refractivity contribution in [3.8, 4) is 5.75 Å². The zero-order chi connectivity index (χ0) is 22.7. The van der Waals surface area contributed by atoms with Gasteiger partial charge in [-0.3, -0.25) is 9.69 Å². The van der Waals surface area contributed by atoms with Crippen LogP contribution in [0.1, 0.15) is 36.2 Å². The third-order valence-corrected chi connectivity index (χ3v) is 5.79. The molecule has 0 saturated carbocycles. The van der Waals surface area contributed by atoms with Crippen LogP contribution in [0.3, 0.4) is 0 Å². The highest BCUT2D eigenvalue weighted by Crippen LogP contribution is 2.32. The maximum atomic E-state index is 11.8. The summed E-state index contributed by atoms with van der Waals surface area (Å²) in [4.78, 5) is 35.1. The van der Waals surface area contributed by atoms with Crippen LogP contribution in [0.4, 0.5) is 5.69 Å². The minimum Gasteiger partial charge on any atom is -0.465 e. The summed E-state index contributed by atoms with van der Waals surface area (Å²) in [7, 11) is 1.32. The minimum atomic E-state index is -0.469. The second-order valence-electron chi connectivity index (χ2n) is 8.04. The number of amides is 1. The average molecular weight is 434 g/mol. The van der Waals surface area contributed by atoms with Gasteiger partial charge < -0.3 is 14.6 Å². The van der Waals surface area contributed by atoms with Crippen molar-refractivity contribution in [1.29, 1.82) is 0 Å². The minimum absolute atomic E-state index is 0.346. The molecule has 2 heterocycles. The number of benzene rings is 2. The van der Waals surface area contributed by atoms with E-state index >= 15 is 0 Å². The molecule has 3 aromatic rings. The standard InChI is InChI=1S/C25H27N3O4/c1-17(2)27-11-9-18(10-12-27)23-15-26-24-8-7-20(14-22(23)24)28(16-29)32-21-6-4-5-19(13-21)25(30)31-3/h4-9,13-17,26H,10-12H2,1-3H3. The summed E-state index contributed by atoms with van der Waals surface area (Å²) >= 11 is 0. The van der Waals surface area contributed by atoms with E-state index in [0.29, 0.717) is 29.5 Å². The van der Waals surface area contributed by atoms with E-state index in [-0.39, 0.29) is 0 Å². The molecule has 4 rings (SSSR count). The first-order valence-electron chi connectivity index (χ1n) is 10.7. The predicted molar refractivity (Wildman–Crippen MR) is 125 cm³/mol. The Balaban J connectivity index is 1.61.